The number of fused-ring (bicyclic) bond motifs is 1. The summed E-state index contributed by atoms with van der Waals surface area (Å²) in [4.78, 5) is 15.1. The molecule has 1 fully saturated rings. The molecule has 0 bridgehead atoms. The van der Waals surface area contributed by atoms with Gasteiger partial charge in [0.15, 0.2) is 0 Å². The van der Waals surface area contributed by atoms with E-state index in [-0.39, 0.29) is 5.91 Å². The fourth-order valence-electron chi connectivity index (χ4n) is 4.34. The molecule has 0 aliphatic carbocycles. The first-order valence-corrected chi connectivity index (χ1v) is 9.92. The van der Waals surface area contributed by atoms with Crippen molar-refractivity contribution in [2.75, 3.05) is 13.1 Å². The predicted molar refractivity (Wildman–Crippen MR) is 101 cm³/mol. The molecular weight excluding hydrogens is 324 g/mol. The van der Waals surface area contributed by atoms with Crippen molar-refractivity contribution in [3.63, 3.8) is 0 Å². The van der Waals surface area contributed by atoms with E-state index in [2.05, 4.69) is 27.8 Å². The quantitative estimate of drug-likeness (QED) is 0.829. The SMILES string of the molecule is Cc1cccc(C(=O)N2CCCC(c3nnc4n3CCCCC4)C2)c1C. The number of rotatable bonds is 2. The van der Waals surface area contributed by atoms with Crippen LogP contribution in [-0.4, -0.2) is 38.7 Å². The number of carbonyl (C=O) groups is 1. The molecule has 5 nitrogen and oxygen atoms in total. The third kappa shape index (κ3) is 3.15. The molecule has 5 heteroatoms. The summed E-state index contributed by atoms with van der Waals surface area (Å²) in [5.41, 5.74) is 3.11. The summed E-state index contributed by atoms with van der Waals surface area (Å²) in [7, 11) is 0. The highest BCUT2D eigenvalue weighted by Gasteiger charge is 2.30. The second-order valence-corrected chi connectivity index (χ2v) is 7.77. The molecule has 0 saturated carbocycles. The molecule has 1 unspecified atom stereocenters. The molecule has 26 heavy (non-hydrogen) atoms. The first kappa shape index (κ1) is 17.3. The van der Waals surface area contributed by atoms with Crippen LogP contribution in [0, 0.1) is 13.8 Å². The molecule has 1 aromatic carbocycles. The van der Waals surface area contributed by atoms with E-state index in [0.29, 0.717) is 5.92 Å². The topological polar surface area (TPSA) is 51.0 Å². The van der Waals surface area contributed by atoms with Crippen LogP contribution in [0.4, 0.5) is 0 Å². The van der Waals surface area contributed by atoms with Crippen LogP contribution in [0.25, 0.3) is 0 Å². The highest BCUT2D eigenvalue weighted by Crippen LogP contribution is 2.29. The molecule has 0 N–H and O–H groups in total. The van der Waals surface area contributed by atoms with Crippen LogP contribution >= 0.6 is 0 Å². The van der Waals surface area contributed by atoms with Gasteiger partial charge in [-0.2, -0.15) is 0 Å². The Balaban J connectivity index is 1.56. The Hall–Kier alpha value is -2.17. The van der Waals surface area contributed by atoms with Gasteiger partial charge < -0.3 is 9.47 Å². The van der Waals surface area contributed by atoms with Crippen molar-refractivity contribution in [1.82, 2.24) is 19.7 Å². The highest BCUT2D eigenvalue weighted by molar-refractivity contribution is 5.96. The van der Waals surface area contributed by atoms with Gasteiger partial charge in [-0.25, -0.2) is 0 Å². The van der Waals surface area contributed by atoms with Crippen LogP contribution in [0.3, 0.4) is 0 Å². The lowest BCUT2D eigenvalue weighted by atomic mass is 9.95. The van der Waals surface area contributed by atoms with Gasteiger partial charge >= 0.3 is 0 Å². The zero-order valence-electron chi connectivity index (χ0n) is 15.9. The third-order valence-corrected chi connectivity index (χ3v) is 6.05. The van der Waals surface area contributed by atoms with E-state index in [1.54, 1.807) is 0 Å². The van der Waals surface area contributed by atoms with Gasteiger partial charge in [-0.15, -0.1) is 10.2 Å². The lowest BCUT2D eigenvalue weighted by Crippen LogP contribution is -2.40. The molecular formula is C21H28N4O. The number of benzene rings is 1. The summed E-state index contributed by atoms with van der Waals surface area (Å²) in [6.45, 7) is 6.73. The van der Waals surface area contributed by atoms with E-state index in [1.165, 1.54) is 24.8 Å². The monoisotopic (exact) mass is 352 g/mol. The van der Waals surface area contributed by atoms with Gasteiger partial charge in [0, 0.05) is 37.5 Å². The van der Waals surface area contributed by atoms with Gasteiger partial charge in [-0.05, 0) is 56.7 Å². The molecule has 0 radical (unpaired) electrons. The van der Waals surface area contributed by atoms with Crippen LogP contribution in [0.2, 0.25) is 0 Å². The van der Waals surface area contributed by atoms with Crippen molar-refractivity contribution < 1.29 is 4.79 Å². The van der Waals surface area contributed by atoms with E-state index in [4.69, 9.17) is 0 Å². The Morgan fingerprint density at radius 2 is 1.96 bits per heavy atom. The molecule has 4 rings (SSSR count). The summed E-state index contributed by atoms with van der Waals surface area (Å²) >= 11 is 0. The zero-order valence-corrected chi connectivity index (χ0v) is 15.9. The molecule has 1 saturated heterocycles. The highest BCUT2D eigenvalue weighted by atomic mass is 16.2. The molecule has 138 valence electrons. The minimum Gasteiger partial charge on any atom is -0.338 e. The maximum atomic E-state index is 13.1. The second-order valence-electron chi connectivity index (χ2n) is 7.77. The number of carbonyl (C=O) groups excluding carboxylic acids is 1. The van der Waals surface area contributed by atoms with Gasteiger partial charge in [-0.1, -0.05) is 18.6 Å². The Bertz CT molecular complexity index is 810. The summed E-state index contributed by atoms with van der Waals surface area (Å²) in [6, 6.07) is 6.00. The number of amides is 1. The normalized spacial score (nSPS) is 20.5. The van der Waals surface area contributed by atoms with Gasteiger partial charge in [-0.3, -0.25) is 4.79 Å². The van der Waals surface area contributed by atoms with Crippen molar-refractivity contribution in [2.45, 2.75) is 64.8 Å². The summed E-state index contributed by atoms with van der Waals surface area (Å²) in [5.74, 6) is 2.69. The van der Waals surface area contributed by atoms with Crippen LogP contribution in [0.5, 0.6) is 0 Å². The maximum absolute atomic E-state index is 13.1. The Morgan fingerprint density at radius 3 is 2.85 bits per heavy atom. The number of aryl methyl sites for hydroxylation is 2. The average Bonchev–Trinajstić information content (AvgIpc) is 2.92. The summed E-state index contributed by atoms with van der Waals surface area (Å²) in [6.07, 6.45) is 6.84. The minimum atomic E-state index is 0.159. The fourth-order valence-corrected chi connectivity index (χ4v) is 4.34. The number of hydrogen-bond acceptors (Lipinski definition) is 3. The van der Waals surface area contributed by atoms with E-state index >= 15 is 0 Å². The fraction of sp³-hybridized carbons (Fsp3) is 0.571. The van der Waals surface area contributed by atoms with Gasteiger partial charge in [0.2, 0.25) is 0 Å². The van der Waals surface area contributed by atoms with Crippen molar-refractivity contribution in [3.8, 4) is 0 Å². The lowest BCUT2D eigenvalue weighted by Gasteiger charge is -2.33. The van der Waals surface area contributed by atoms with Gasteiger partial charge in [0.05, 0.1) is 0 Å². The molecule has 2 aliphatic rings. The van der Waals surface area contributed by atoms with Crippen molar-refractivity contribution in [2.24, 2.45) is 0 Å². The average molecular weight is 352 g/mol. The first-order chi connectivity index (χ1) is 12.6. The van der Waals surface area contributed by atoms with E-state index in [9.17, 15) is 4.79 Å². The summed E-state index contributed by atoms with van der Waals surface area (Å²) in [5, 5.41) is 8.99. The van der Waals surface area contributed by atoms with Crippen molar-refractivity contribution in [3.05, 3.63) is 46.5 Å². The smallest absolute Gasteiger partial charge is 0.254 e. The third-order valence-electron chi connectivity index (χ3n) is 6.05. The number of aromatic nitrogens is 3. The molecule has 1 atom stereocenters. The summed E-state index contributed by atoms with van der Waals surface area (Å²) < 4.78 is 2.34. The first-order valence-electron chi connectivity index (χ1n) is 9.92. The molecule has 2 aliphatic heterocycles. The largest absolute Gasteiger partial charge is 0.338 e. The number of hydrogen-bond donors (Lipinski definition) is 0. The molecule has 2 aromatic rings. The Kier molecular flexibility index (Phi) is 4.79. The number of piperidine rings is 1. The van der Waals surface area contributed by atoms with Crippen molar-refractivity contribution in [1.29, 1.82) is 0 Å². The van der Waals surface area contributed by atoms with Crippen LogP contribution in [0.15, 0.2) is 18.2 Å². The number of likely N-dealkylation sites (tertiary alicyclic amines) is 1. The second kappa shape index (κ2) is 7.22. The lowest BCUT2D eigenvalue weighted by molar-refractivity contribution is 0.0702. The van der Waals surface area contributed by atoms with Gasteiger partial charge in [0.1, 0.15) is 11.6 Å². The Morgan fingerprint density at radius 1 is 1.08 bits per heavy atom. The molecule has 3 heterocycles. The zero-order chi connectivity index (χ0) is 18.1. The molecule has 0 spiro atoms. The maximum Gasteiger partial charge on any atom is 0.254 e. The Labute approximate surface area is 155 Å². The minimum absolute atomic E-state index is 0.159. The molecule has 1 amide bonds. The number of nitrogens with zero attached hydrogens (tertiary/aromatic N) is 4. The van der Waals surface area contributed by atoms with Crippen LogP contribution in [0.1, 0.15) is 71.2 Å². The van der Waals surface area contributed by atoms with E-state index in [0.717, 1.165) is 61.7 Å². The predicted octanol–water partition coefficient (Wildman–Crippen LogP) is 3.64. The van der Waals surface area contributed by atoms with Crippen LogP contribution in [-0.2, 0) is 13.0 Å². The van der Waals surface area contributed by atoms with Gasteiger partial charge in [0.25, 0.3) is 5.91 Å². The van der Waals surface area contributed by atoms with Crippen LogP contribution < -0.4 is 0 Å². The van der Waals surface area contributed by atoms with Crippen molar-refractivity contribution >= 4 is 5.91 Å². The standard InChI is InChI=1S/C21H28N4O/c1-15-8-6-10-18(16(15)2)21(26)24-12-7-9-17(14-24)20-23-22-19-11-4-3-5-13-25(19)20/h6,8,10,17H,3-5,7,9,11-14H2,1-2H3. The van der Waals surface area contributed by atoms with E-state index in [1.807, 2.05) is 24.0 Å². The molecule has 1 aromatic heterocycles. The van der Waals surface area contributed by atoms with E-state index < -0.39 is 0 Å².